The van der Waals surface area contributed by atoms with Crippen molar-refractivity contribution in [3.05, 3.63) is 29.7 Å². The molecule has 0 atom stereocenters. The fourth-order valence-electron chi connectivity index (χ4n) is 1.33. The van der Waals surface area contributed by atoms with Crippen molar-refractivity contribution in [2.45, 2.75) is 13.8 Å². The van der Waals surface area contributed by atoms with E-state index in [1.165, 1.54) is 10.9 Å². The molecule has 2 aromatic rings. The van der Waals surface area contributed by atoms with Crippen LogP contribution in [0.15, 0.2) is 18.5 Å². The van der Waals surface area contributed by atoms with Crippen molar-refractivity contribution in [1.29, 1.82) is 0 Å². The van der Waals surface area contributed by atoms with Crippen LogP contribution in [0.1, 0.15) is 11.3 Å². The van der Waals surface area contributed by atoms with Crippen LogP contribution in [0.4, 0.5) is 0 Å². The number of nitrogens with one attached hydrogen (secondary N) is 1. The minimum absolute atomic E-state index is 1.07. The zero-order chi connectivity index (χ0) is 7.84. The lowest BCUT2D eigenvalue weighted by atomic mass is 10.2. The van der Waals surface area contributed by atoms with Crippen molar-refractivity contribution in [3.8, 4) is 0 Å². The molecule has 2 heteroatoms. The van der Waals surface area contributed by atoms with E-state index in [1.54, 1.807) is 0 Å². The largest absolute Gasteiger partial charge is 0.360 e. The topological polar surface area (TPSA) is 28.7 Å². The summed E-state index contributed by atoms with van der Waals surface area (Å²) in [6.07, 6.45) is 3.86. The van der Waals surface area contributed by atoms with E-state index in [-0.39, 0.29) is 0 Å². The molecule has 56 valence electrons. The number of aromatic nitrogens is 2. The van der Waals surface area contributed by atoms with Gasteiger partial charge in [0.25, 0.3) is 0 Å². The normalized spacial score (nSPS) is 10.7. The lowest BCUT2D eigenvalue weighted by Crippen LogP contribution is -1.84. The number of H-pyrrole nitrogens is 1. The van der Waals surface area contributed by atoms with Crippen molar-refractivity contribution in [2.75, 3.05) is 0 Å². The maximum absolute atomic E-state index is 4.25. The smallest absolute Gasteiger partial charge is 0.0672 e. The predicted octanol–water partition coefficient (Wildman–Crippen LogP) is 2.18. The molecule has 0 aliphatic heterocycles. The highest BCUT2D eigenvalue weighted by molar-refractivity contribution is 5.83. The number of pyridine rings is 1. The summed E-state index contributed by atoms with van der Waals surface area (Å²) in [5.74, 6) is 0. The third-order valence-corrected chi connectivity index (χ3v) is 1.99. The van der Waals surface area contributed by atoms with Gasteiger partial charge in [0, 0.05) is 17.8 Å². The van der Waals surface area contributed by atoms with Crippen molar-refractivity contribution >= 4 is 10.9 Å². The average Bonchev–Trinajstić information content (AvgIpc) is 2.45. The zero-order valence-corrected chi connectivity index (χ0v) is 6.68. The summed E-state index contributed by atoms with van der Waals surface area (Å²) in [6.45, 7) is 4.08. The number of fused-ring (bicyclic) bond motifs is 1. The van der Waals surface area contributed by atoms with Gasteiger partial charge < -0.3 is 4.98 Å². The average molecular weight is 146 g/mol. The lowest BCUT2D eigenvalue weighted by molar-refractivity contribution is 1.19. The first-order valence-electron chi connectivity index (χ1n) is 3.68. The van der Waals surface area contributed by atoms with Crippen LogP contribution in [0.5, 0.6) is 0 Å². The Bertz CT molecular complexity index is 351. The molecule has 2 rings (SSSR count). The van der Waals surface area contributed by atoms with Crippen LogP contribution < -0.4 is 0 Å². The first-order chi connectivity index (χ1) is 5.29. The third kappa shape index (κ3) is 0.827. The van der Waals surface area contributed by atoms with Gasteiger partial charge in [-0.05, 0) is 25.5 Å². The van der Waals surface area contributed by atoms with Crippen LogP contribution >= 0.6 is 0 Å². The van der Waals surface area contributed by atoms with Crippen LogP contribution in [0.25, 0.3) is 10.9 Å². The molecule has 0 amide bonds. The number of aryl methyl sites for hydroxylation is 2. The number of hydrogen-bond acceptors (Lipinski definition) is 1. The molecule has 2 aromatic heterocycles. The maximum atomic E-state index is 4.25. The number of rotatable bonds is 0. The van der Waals surface area contributed by atoms with Gasteiger partial charge in [0.1, 0.15) is 0 Å². The zero-order valence-electron chi connectivity index (χ0n) is 6.68. The molecule has 2 heterocycles. The monoisotopic (exact) mass is 146 g/mol. The summed E-state index contributed by atoms with van der Waals surface area (Å²) in [5, 5.41) is 1.28. The molecule has 0 spiro atoms. The Kier molecular flexibility index (Phi) is 1.22. The number of aromatic amines is 1. The Hall–Kier alpha value is -1.31. The Morgan fingerprint density at radius 3 is 2.91 bits per heavy atom. The molecular weight excluding hydrogens is 136 g/mol. The van der Waals surface area contributed by atoms with E-state index in [4.69, 9.17) is 0 Å². The van der Waals surface area contributed by atoms with Crippen LogP contribution in [-0.2, 0) is 0 Å². The van der Waals surface area contributed by atoms with E-state index in [0.717, 1.165) is 11.2 Å². The Morgan fingerprint density at radius 2 is 2.18 bits per heavy atom. The molecule has 0 bridgehead atoms. The van der Waals surface area contributed by atoms with Crippen LogP contribution in [0, 0.1) is 13.8 Å². The first kappa shape index (κ1) is 6.40. The molecule has 0 saturated carbocycles. The highest BCUT2D eigenvalue weighted by Gasteiger charge is 2.00. The molecule has 0 aromatic carbocycles. The van der Waals surface area contributed by atoms with E-state index in [9.17, 15) is 0 Å². The second-order valence-corrected chi connectivity index (χ2v) is 2.79. The highest BCUT2D eigenvalue weighted by Crippen LogP contribution is 2.17. The Morgan fingerprint density at radius 1 is 1.36 bits per heavy atom. The van der Waals surface area contributed by atoms with Crippen molar-refractivity contribution in [1.82, 2.24) is 9.97 Å². The van der Waals surface area contributed by atoms with Gasteiger partial charge in [-0.1, -0.05) is 0 Å². The SMILES string of the molecule is Cc1cnc(C)c2[nH]ccc12. The van der Waals surface area contributed by atoms with E-state index in [0.29, 0.717) is 0 Å². The number of nitrogens with zero attached hydrogens (tertiary/aromatic N) is 1. The fourth-order valence-corrected chi connectivity index (χ4v) is 1.33. The quantitative estimate of drug-likeness (QED) is 0.606. The van der Waals surface area contributed by atoms with E-state index < -0.39 is 0 Å². The lowest BCUT2D eigenvalue weighted by Gasteiger charge is -1.97. The molecule has 2 nitrogen and oxygen atoms in total. The highest BCUT2D eigenvalue weighted by atomic mass is 14.7. The second kappa shape index (κ2) is 2.09. The number of hydrogen-bond donors (Lipinski definition) is 1. The van der Waals surface area contributed by atoms with Gasteiger partial charge in [-0.3, -0.25) is 4.98 Å². The van der Waals surface area contributed by atoms with Gasteiger partial charge in [0.15, 0.2) is 0 Å². The summed E-state index contributed by atoms with van der Waals surface area (Å²) < 4.78 is 0. The van der Waals surface area contributed by atoms with Gasteiger partial charge in [-0.2, -0.15) is 0 Å². The summed E-state index contributed by atoms with van der Waals surface area (Å²) in [5.41, 5.74) is 3.45. The van der Waals surface area contributed by atoms with Crippen molar-refractivity contribution in [2.24, 2.45) is 0 Å². The first-order valence-corrected chi connectivity index (χ1v) is 3.68. The Labute approximate surface area is 65.3 Å². The van der Waals surface area contributed by atoms with Crippen molar-refractivity contribution < 1.29 is 0 Å². The summed E-state index contributed by atoms with van der Waals surface area (Å²) in [7, 11) is 0. The predicted molar refractivity (Wildman–Crippen MR) is 45.6 cm³/mol. The summed E-state index contributed by atoms with van der Waals surface area (Å²) in [6, 6.07) is 2.08. The molecule has 11 heavy (non-hydrogen) atoms. The minimum Gasteiger partial charge on any atom is -0.360 e. The molecule has 0 fully saturated rings. The van der Waals surface area contributed by atoms with E-state index in [1.807, 2.05) is 19.3 Å². The molecule has 0 radical (unpaired) electrons. The van der Waals surface area contributed by atoms with Crippen molar-refractivity contribution in [3.63, 3.8) is 0 Å². The summed E-state index contributed by atoms with van der Waals surface area (Å²) >= 11 is 0. The van der Waals surface area contributed by atoms with Gasteiger partial charge in [0.05, 0.1) is 11.2 Å². The van der Waals surface area contributed by atoms with Crippen LogP contribution in [0.2, 0.25) is 0 Å². The van der Waals surface area contributed by atoms with E-state index in [2.05, 4.69) is 23.0 Å². The molecule has 0 aliphatic carbocycles. The van der Waals surface area contributed by atoms with E-state index >= 15 is 0 Å². The van der Waals surface area contributed by atoms with Crippen LogP contribution in [0.3, 0.4) is 0 Å². The third-order valence-electron chi connectivity index (χ3n) is 1.99. The molecule has 1 N–H and O–H groups in total. The standard InChI is InChI=1S/C9H10N2/c1-6-5-11-7(2)9-8(6)3-4-10-9/h3-5,10H,1-2H3. The van der Waals surface area contributed by atoms with Crippen LogP contribution in [-0.4, -0.2) is 9.97 Å². The fraction of sp³-hybridized carbons (Fsp3) is 0.222. The molecule has 0 unspecified atom stereocenters. The van der Waals surface area contributed by atoms with Gasteiger partial charge in [-0.25, -0.2) is 0 Å². The second-order valence-electron chi connectivity index (χ2n) is 2.79. The van der Waals surface area contributed by atoms with Gasteiger partial charge in [0.2, 0.25) is 0 Å². The Balaban J connectivity index is 2.96. The summed E-state index contributed by atoms with van der Waals surface area (Å²) in [4.78, 5) is 7.41. The molecule has 0 aliphatic rings. The molecular formula is C9H10N2. The van der Waals surface area contributed by atoms with Gasteiger partial charge in [-0.15, -0.1) is 0 Å². The molecule has 0 saturated heterocycles. The minimum atomic E-state index is 1.07. The maximum Gasteiger partial charge on any atom is 0.0672 e. The van der Waals surface area contributed by atoms with Gasteiger partial charge >= 0.3 is 0 Å².